The maximum atomic E-state index is 12.2. The Balaban J connectivity index is 1.78. The minimum Gasteiger partial charge on any atom is -0.467 e. The average Bonchev–Trinajstić information content (AvgIpc) is 3.14. The summed E-state index contributed by atoms with van der Waals surface area (Å²) in [4.78, 5) is 12.2. The molecule has 3 aromatic rings. The molecule has 3 rings (SSSR count). The highest BCUT2D eigenvalue weighted by Gasteiger charge is 2.09. The summed E-state index contributed by atoms with van der Waals surface area (Å²) in [7, 11) is 0. The zero-order valence-corrected chi connectivity index (χ0v) is 12.5. The molecular formula is C17H17N3O2. The number of nitrogens with zero attached hydrogens (tertiary/aromatic N) is 2. The number of furan rings is 1. The van der Waals surface area contributed by atoms with E-state index in [-0.39, 0.29) is 5.91 Å². The van der Waals surface area contributed by atoms with Crippen LogP contribution in [-0.2, 0) is 6.54 Å². The molecule has 5 nitrogen and oxygen atoms in total. The van der Waals surface area contributed by atoms with Crippen molar-refractivity contribution >= 4 is 5.91 Å². The number of carbonyl (C=O) groups excluding carboxylic acids is 1. The third kappa shape index (κ3) is 2.93. The van der Waals surface area contributed by atoms with E-state index in [2.05, 4.69) is 10.4 Å². The van der Waals surface area contributed by atoms with Crippen LogP contribution in [0.15, 0.2) is 53.1 Å². The van der Waals surface area contributed by atoms with Gasteiger partial charge in [-0.05, 0) is 50.2 Å². The van der Waals surface area contributed by atoms with Crippen molar-refractivity contribution in [3.8, 4) is 5.69 Å². The van der Waals surface area contributed by atoms with Crippen LogP contribution in [0.25, 0.3) is 5.69 Å². The normalized spacial score (nSPS) is 10.6. The molecule has 0 bridgehead atoms. The van der Waals surface area contributed by atoms with Gasteiger partial charge < -0.3 is 9.73 Å². The highest BCUT2D eigenvalue weighted by Crippen LogP contribution is 2.14. The van der Waals surface area contributed by atoms with Crippen molar-refractivity contribution in [3.05, 3.63) is 71.4 Å². The van der Waals surface area contributed by atoms with Crippen LogP contribution in [0.3, 0.4) is 0 Å². The van der Waals surface area contributed by atoms with E-state index >= 15 is 0 Å². The second-order valence-corrected chi connectivity index (χ2v) is 5.15. The van der Waals surface area contributed by atoms with E-state index in [1.165, 1.54) is 0 Å². The van der Waals surface area contributed by atoms with Gasteiger partial charge in [-0.2, -0.15) is 5.10 Å². The molecule has 0 aliphatic rings. The number of aromatic nitrogens is 2. The number of carbonyl (C=O) groups is 1. The fourth-order valence-corrected chi connectivity index (χ4v) is 2.35. The van der Waals surface area contributed by atoms with E-state index in [1.807, 2.05) is 48.9 Å². The van der Waals surface area contributed by atoms with Gasteiger partial charge >= 0.3 is 0 Å². The lowest BCUT2D eigenvalue weighted by molar-refractivity contribution is 0.0948. The summed E-state index contributed by atoms with van der Waals surface area (Å²) >= 11 is 0. The minimum absolute atomic E-state index is 0.139. The summed E-state index contributed by atoms with van der Waals surface area (Å²) < 4.78 is 7.03. The summed E-state index contributed by atoms with van der Waals surface area (Å²) in [5, 5.41) is 7.27. The van der Waals surface area contributed by atoms with Crippen LogP contribution >= 0.6 is 0 Å². The van der Waals surface area contributed by atoms with Crippen LogP contribution in [0.1, 0.15) is 27.5 Å². The Bertz CT molecular complexity index is 788. The van der Waals surface area contributed by atoms with Crippen LogP contribution in [0.5, 0.6) is 0 Å². The van der Waals surface area contributed by atoms with Crippen molar-refractivity contribution in [2.24, 2.45) is 0 Å². The number of amides is 1. The number of hydrogen-bond acceptors (Lipinski definition) is 3. The average molecular weight is 295 g/mol. The smallest absolute Gasteiger partial charge is 0.251 e. The first kappa shape index (κ1) is 14.1. The van der Waals surface area contributed by atoms with E-state index in [1.54, 1.807) is 18.4 Å². The molecule has 0 atom stereocenters. The molecule has 0 aliphatic carbocycles. The fourth-order valence-electron chi connectivity index (χ4n) is 2.35. The molecule has 0 spiro atoms. The largest absolute Gasteiger partial charge is 0.467 e. The highest BCUT2D eigenvalue weighted by atomic mass is 16.3. The third-order valence-electron chi connectivity index (χ3n) is 3.37. The van der Waals surface area contributed by atoms with Crippen LogP contribution in [0.2, 0.25) is 0 Å². The van der Waals surface area contributed by atoms with Gasteiger partial charge in [0.2, 0.25) is 0 Å². The lowest BCUT2D eigenvalue weighted by atomic mass is 10.2. The molecule has 1 N–H and O–H groups in total. The van der Waals surface area contributed by atoms with E-state index in [0.717, 1.165) is 22.8 Å². The predicted octanol–water partition coefficient (Wildman–Crippen LogP) is 3.01. The molecule has 0 fully saturated rings. The molecule has 0 unspecified atom stereocenters. The highest BCUT2D eigenvalue weighted by molar-refractivity contribution is 5.94. The first-order valence-electron chi connectivity index (χ1n) is 7.08. The van der Waals surface area contributed by atoms with Crippen LogP contribution in [0.4, 0.5) is 0 Å². The van der Waals surface area contributed by atoms with Gasteiger partial charge in [-0.15, -0.1) is 0 Å². The predicted molar refractivity (Wildman–Crippen MR) is 82.9 cm³/mol. The van der Waals surface area contributed by atoms with Crippen LogP contribution in [0, 0.1) is 13.8 Å². The maximum absolute atomic E-state index is 12.2. The van der Waals surface area contributed by atoms with Crippen molar-refractivity contribution in [1.82, 2.24) is 15.1 Å². The second kappa shape index (κ2) is 5.89. The monoisotopic (exact) mass is 295 g/mol. The molecule has 0 saturated carbocycles. The van der Waals surface area contributed by atoms with Crippen molar-refractivity contribution in [2.75, 3.05) is 0 Å². The van der Waals surface area contributed by atoms with E-state index in [0.29, 0.717) is 12.1 Å². The first-order chi connectivity index (χ1) is 10.6. The van der Waals surface area contributed by atoms with Gasteiger partial charge in [0.25, 0.3) is 5.91 Å². The van der Waals surface area contributed by atoms with Gasteiger partial charge in [0.15, 0.2) is 0 Å². The minimum atomic E-state index is -0.139. The van der Waals surface area contributed by atoms with Crippen molar-refractivity contribution in [1.29, 1.82) is 0 Å². The molecule has 0 aliphatic heterocycles. The molecule has 22 heavy (non-hydrogen) atoms. The lowest BCUT2D eigenvalue weighted by Gasteiger charge is -2.07. The Morgan fingerprint density at radius 3 is 2.77 bits per heavy atom. The van der Waals surface area contributed by atoms with Gasteiger partial charge in [-0.3, -0.25) is 4.79 Å². The molecular weight excluding hydrogens is 278 g/mol. The Morgan fingerprint density at radius 2 is 2.09 bits per heavy atom. The molecule has 2 aromatic heterocycles. The van der Waals surface area contributed by atoms with Gasteiger partial charge in [0.1, 0.15) is 5.76 Å². The number of hydrogen-bond donors (Lipinski definition) is 1. The quantitative estimate of drug-likeness (QED) is 0.805. The summed E-state index contributed by atoms with van der Waals surface area (Å²) in [5.74, 6) is 0.586. The van der Waals surface area contributed by atoms with Crippen molar-refractivity contribution in [3.63, 3.8) is 0 Å². The molecule has 2 heterocycles. The van der Waals surface area contributed by atoms with Crippen molar-refractivity contribution in [2.45, 2.75) is 20.4 Å². The fraction of sp³-hybridized carbons (Fsp3) is 0.176. The van der Waals surface area contributed by atoms with Gasteiger partial charge in [0.05, 0.1) is 24.2 Å². The number of nitrogens with one attached hydrogen (secondary N) is 1. The van der Waals surface area contributed by atoms with Gasteiger partial charge in [-0.25, -0.2) is 4.68 Å². The number of rotatable bonds is 4. The van der Waals surface area contributed by atoms with Crippen LogP contribution < -0.4 is 5.32 Å². The first-order valence-corrected chi connectivity index (χ1v) is 7.08. The molecule has 0 radical (unpaired) electrons. The molecule has 112 valence electrons. The summed E-state index contributed by atoms with van der Waals surface area (Å²) in [6.45, 7) is 4.31. The van der Waals surface area contributed by atoms with Gasteiger partial charge in [-0.1, -0.05) is 6.07 Å². The number of benzene rings is 1. The maximum Gasteiger partial charge on any atom is 0.251 e. The zero-order chi connectivity index (χ0) is 15.5. The summed E-state index contributed by atoms with van der Waals surface area (Å²) in [6, 6.07) is 13.0. The Kier molecular flexibility index (Phi) is 3.78. The SMILES string of the molecule is Cc1cc(C)n(-c2cccc(C(=O)NCc3ccco3)c2)n1. The molecule has 5 heteroatoms. The lowest BCUT2D eigenvalue weighted by Crippen LogP contribution is -2.22. The zero-order valence-electron chi connectivity index (χ0n) is 12.5. The molecule has 0 saturated heterocycles. The van der Waals surface area contributed by atoms with E-state index in [9.17, 15) is 4.79 Å². The van der Waals surface area contributed by atoms with Crippen LogP contribution in [-0.4, -0.2) is 15.7 Å². The summed E-state index contributed by atoms with van der Waals surface area (Å²) in [5.41, 5.74) is 3.45. The Labute approximate surface area is 128 Å². The molecule has 1 amide bonds. The summed E-state index contributed by atoms with van der Waals surface area (Å²) in [6.07, 6.45) is 1.59. The van der Waals surface area contributed by atoms with E-state index in [4.69, 9.17) is 4.42 Å². The third-order valence-corrected chi connectivity index (χ3v) is 3.37. The topological polar surface area (TPSA) is 60.1 Å². The van der Waals surface area contributed by atoms with Gasteiger partial charge in [0, 0.05) is 11.3 Å². The molecule has 1 aromatic carbocycles. The standard InChI is InChI=1S/C17H17N3O2/c1-12-9-13(2)20(19-12)15-6-3-5-14(10-15)17(21)18-11-16-7-4-8-22-16/h3-10H,11H2,1-2H3,(H,18,21). The Morgan fingerprint density at radius 1 is 1.23 bits per heavy atom. The Hall–Kier alpha value is -2.82. The van der Waals surface area contributed by atoms with Crippen molar-refractivity contribution < 1.29 is 9.21 Å². The van der Waals surface area contributed by atoms with E-state index < -0.39 is 0 Å². The number of aryl methyl sites for hydroxylation is 2. The second-order valence-electron chi connectivity index (χ2n) is 5.15.